The number of hydrogen-bond acceptors (Lipinski definition) is 3. The van der Waals surface area contributed by atoms with E-state index in [-0.39, 0.29) is 23.5 Å². The van der Waals surface area contributed by atoms with Crippen LogP contribution < -0.4 is 5.32 Å². The van der Waals surface area contributed by atoms with Gasteiger partial charge in [0.25, 0.3) is 5.91 Å². The molecule has 0 saturated carbocycles. The molecule has 0 radical (unpaired) electrons. The van der Waals surface area contributed by atoms with Crippen LogP contribution >= 0.6 is 0 Å². The second kappa shape index (κ2) is 7.55. The van der Waals surface area contributed by atoms with Gasteiger partial charge in [-0.2, -0.15) is 0 Å². The third kappa shape index (κ3) is 3.76. The number of carbonyl (C=O) groups is 2. The van der Waals surface area contributed by atoms with Crippen molar-refractivity contribution in [2.75, 3.05) is 19.6 Å². The molecule has 1 aliphatic rings. The molecule has 0 atom stereocenters. The van der Waals surface area contributed by atoms with Crippen LogP contribution in [-0.2, 0) is 4.79 Å². The number of likely N-dealkylation sites (tertiary alicyclic amines) is 1. The molecule has 2 aromatic carbocycles. The van der Waals surface area contributed by atoms with Gasteiger partial charge in [0.05, 0.1) is 5.56 Å². The number of nitrogens with one attached hydrogen (secondary N) is 1. The van der Waals surface area contributed by atoms with Crippen molar-refractivity contribution in [1.29, 1.82) is 0 Å². The van der Waals surface area contributed by atoms with E-state index in [0.29, 0.717) is 38.0 Å². The standard InChI is InChI=1S/C20H24N2O3/c1-2-9-21-19(24)14-7-10-22(11-8-14)20(25)17-12-15-5-3-4-6-16(15)13-18(17)23/h3-6,12-14,23H,2,7-11H2,1H3,(H,21,24). The van der Waals surface area contributed by atoms with Crippen molar-refractivity contribution in [2.24, 2.45) is 5.92 Å². The zero-order chi connectivity index (χ0) is 17.8. The summed E-state index contributed by atoms with van der Waals surface area (Å²) >= 11 is 0. The number of aromatic hydroxyl groups is 1. The third-order valence-electron chi connectivity index (χ3n) is 4.80. The average molecular weight is 340 g/mol. The van der Waals surface area contributed by atoms with Crippen LogP contribution in [0, 0.1) is 5.92 Å². The van der Waals surface area contributed by atoms with Gasteiger partial charge in [0, 0.05) is 25.6 Å². The molecule has 3 rings (SSSR count). The Morgan fingerprint density at radius 2 is 1.80 bits per heavy atom. The molecule has 0 spiro atoms. The number of rotatable bonds is 4. The summed E-state index contributed by atoms with van der Waals surface area (Å²) in [4.78, 5) is 26.6. The fourth-order valence-corrected chi connectivity index (χ4v) is 3.31. The first-order valence-electron chi connectivity index (χ1n) is 8.89. The number of carbonyl (C=O) groups excluding carboxylic acids is 2. The Balaban J connectivity index is 1.69. The summed E-state index contributed by atoms with van der Waals surface area (Å²) < 4.78 is 0. The molecular formula is C20H24N2O3. The molecule has 0 aromatic heterocycles. The van der Waals surface area contributed by atoms with Crippen molar-refractivity contribution >= 4 is 22.6 Å². The van der Waals surface area contributed by atoms with E-state index < -0.39 is 0 Å². The zero-order valence-corrected chi connectivity index (χ0v) is 14.5. The van der Waals surface area contributed by atoms with E-state index in [2.05, 4.69) is 5.32 Å². The molecule has 0 bridgehead atoms. The first kappa shape index (κ1) is 17.3. The van der Waals surface area contributed by atoms with Crippen LogP contribution in [-0.4, -0.2) is 41.5 Å². The van der Waals surface area contributed by atoms with E-state index in [1.165, 1.54) is 0 Å². The Hall–Kier alpha value is -2.56. The molecule has 132 valence electrons. The lowest BCUT2D eigenvalue weighted by Crippen LogP contribution is -2.43. The first-order chi connectivity index (χ1) is 12.1. The van der Waals surface area contributed by atoms with Gasteiger partial charge in [-0.05, 0) is 42.2 Å². The number of benzene rings is 2. The molecule has 5 nitrogen and oxygen atoms in total. The molecule has 0 aliphatic carbocycles. The monoisotopic (exact) mass is 340 g/mol. The van der Waals surface area contributed by atoms with Gasteiger partial charge in [0.15, 0.2) is 0 Å². The van der Waals surface area contributed by atoms with Gasteiger partial charge in [0.2, 0.25) is 5.91 Å². The van der Waals surface area contributed by atoms with Crippen molar-refractivity contribution in [2.45, 2.75) is 26.2 Å². The topological polar surface area (TPSA) is 69.6 Å². The van der Waals surface area contributed by atoms with E-state index in [9.17, 15) is 14.7 Å². The van der Waals surface area contributed by atoms with E-state index in [1.54, 1.807) is 17.0 Å². The van der Waals surface area contributed by atoms with Gasteiger partial charge in [-0.25, -0.2) is 0 Å². The van der Waals surface area contributed by atoms with Crippen molar-refractivity contribution in [3.63, 3.8) is 0 Å². The maximum Gasteiger partial charge on any atom is 0.257 e. The first-order valence-corrected chi connectivity index (χ1v) is 8.89. The second-order valence-corrected chi connectivity index (χ2v) is 6.57. The minimum Gasteiger partial charge on any atom is -0.507 e. The van der Waals surface area contributed by atoms with Crippen LogP contribution in [0.3, 0.4) is 0 Å². The van der Waals surface area contributed by atoms with E-state index >= 15 is 0 Å². The highest BCUT2D eigenvalue weighted by Crippen LogP contribution is 2.27. The summed E-state index contributed by atoms with van der Waals surface area (Å²) in [6.07, 6.45) is 2.25. The summed E-state index contributed by atoms with van der Waals surface area (Å²) in [6, 6.07) is 11.0. The number of fused-ring (bicyclic) bond motifs is 1. The van der Waals surface area contributed by atoms with Crippen molar-refractivity contribution in [1.82, 2.24) is 10.2 Å². The minimum absolute atomic E-state index is 0.00603. The summed E-state index contributed by atoms with van der Waals surface area (Å²) in [7, 11) is 0. The molecule has 2 aromatic rings. The van der Waals surface area contributed by atoms with Crippen molar-refractivity contribution in [3.05, 3.63) is 42.0 Å². The number of amides is 2. The molecule has 1 saturated heterocycles. The molecule has 2 N–H and O–H groups in total. The molecule has 0 unspecified atom stereocenters. The van der Waals surface area contributed by atoms with Crippen LogP contribution in [0.15, 0.2) is 36.4 Å². The minimum atomic E-state index is -0.171. The van der Waals surface area contributed by atoms with Crippen LogP contribution in [0.2, 0.25) is 0 Å². The Morgan fingerprint density at radius 1 is 1.16 bits per heavy atom. The Bertz CT molecular complexity index is 780. The Labute approximate surface area is 147 Å². The molecule has 1 aliphatic heterocycles. The summed E-state index contributed by atoms with van der Waals surface area (Å²) in [6.45, 7) is 3.80. The molecule has 2 amide bonds. The highest BCUT2D eigenvalue weighted by Gasteiger charge is 2.28. The maximum atomic E-state index is 12.8. The Morgan fingerprint density at radius 3 is 2.44 bits per heavy atom. The van der Waals surface area contributed by atoms with Crippen LogP contribution in [0.5, 0.6) is 5.75 Å². The van der Waals surface area contributed by atoms with Gasteiger partial charge >= 0.3 is 0 Å². The predicted molar refractivity (Wildman–Crippen MR) is 97.5 cm³/mol. The molecule has 5 heteroatoms. The van der Waals surface area contributed by atoms with Crippen molar-refractivity contribution in [3.8, 4) is 5.75 Å². The SMILES string of the molecule is CCCNC(=O)C1CCN(C(=O)c2cc3ccccc3cc2O)CC1. The summed E-state index contributed by atoms with van der Waals surface area (Å²) in [5.41, 5.74) is 0.326. The van der Waals surface area contributed by atoms with Gasteiger partial charge in [-0.1, -0.05) is 31.2 Å². The molecule has 1 heterocycles. The highest BCUT2D eigenvalue weighted by atomic mass is 16.3. The van der Waals surface area contributed by atoms with E-state index in [0.717, 1.165) is 17.2 Å². The highest BCUT2D eigenvalue weighted by molar-refractivity contribution is 6.01. The summed E-state index contributed by atoms with van der Waals surface area (Å²) in [5, 5.41) is 15.0. The van der Waals surface area contributed by atoms with Gasteiger partial charge in [-0.3, -0.25) is 9.59 Å². The fourth-order valence-electron chi connectivity index (χ4n) is 3.31. The average Bonchev–Trinajstić information content (AvgIpc) is 2.65. The van der Waals surface area contributed by atoms with Gasteiger partial charge < -0.3 is 15.3 Å². The lowest BCUT2D eigenvalue weighted by Gasteiger charge is -2.31. The fraction of sp³-hybridized carbons (Fsp3) is 0.400. The van der Waals surface area contributed by atoms with Crippen LogP contribution in [0.25, 0.3) is 10.8 Å². The van der Waals surface area contributed by atoms with Crippen LogP contribution in [0.4, 0.5) is 0 Å². The maximum absolute atomic E-state index is 12.8. The summed E-state index contributed by atoms with van der Waals surface area (Å²) in [5.74, 6) is -0.106. The van der Waals surface area contributed by atoms with Crippen LogP contribution in [0.1, 0.15) is 36.5 Å². The number of phenolic OH excluding ortho intramolecular Hbond substituents is 1. The second-order valence-electron chi connectivity index (χ2n) is 6.57. The lowest BCUT2D eigenvalue weighted by molar-refractivity contribution is -0.126. The zero-order valence-electron chi connectivity index (χ0n) is 14.5. The molecule has 25 heavy (non-hydrogen) atoms. The quantitative estimate of drug-likeness (QED) is 0.899. The third-order valence-corrected chi connectivity index (χ3v) is 4.80. The number of nitrogens with zero attached hydrogens (tertiary/aromatic N) is 1. The largest absolute Gasteiger partial charge is 0.507 e. The molecular weight excluding hydrogens is 316 g/mol. The van der Waals surface area contributed by atoms with E-state index in [4.69, 9.17) is 0 Å². The number of hydrogen-bond donors (Lipinski definition) is 2. The van der Waals surface area contributed by atoms with Crippen molar-refractivity contribution < 1.29 is 14.7 Å². The van der Waals surface area contributed by atoms with Gasteiger partial charge in [-0.15, -0.1) is 0 Å². The normalized spacial score (nSPS) is 15.3. The Kier molecular flexibility index (Phi) is 5.22. The molecule has 1 fully saturated rings. The number of phenols is 1. The van der Waals surface area contributed by atoms with Gasteiger partial charge in [0.1, 0.15) is 5.75 Å². The lowest BCUT2D eigenvalue weighted by atomic mass is 9.95. The number of piperidine rings is 1. The smallest absolute Gasteiger partial charge is 0.257 e. The predicted octanol–water partition coefficient (Wildman–Crippen LogP) is 2.92. The van der Waals surface area contributed by atoms with E-state index in [1.807, 2.05) is 31.2 Å².